The SMILES string of the molecule is C[Si](C)([c-]1cccc1)N1CCCC1.C[Si](C)([c-]1cccc1)N1CCCC1.[F-].[F-].[Zr+4]. The van der Waals surface area contributed by atoms with E-state index >= 15 is 0 Å². The second-order valence-corrected chi connectivity index (χ2v) is 17.5. The summed E-state index contributed by atoms with van der Waals surface area (Å²) in [5.41, 5.74) is 0. The molecule has 2 nitrogen and oxygen atoms in total. The maximum absolute atomic E-state index is 2.72. The number of halogens is 2. The molecule has 0 N–H and O–H groups in total. The summed E-state index contributed by atoms with van der Waals surface area (Å²) in [4.78, 5) is 0. The van der Waals surface area contributed by atoms with E-state index < -0.39 is 16.5 Å². The first-order valence-corrected chi connectivity index (χ1v) is 16.3. The molecule has 0 bridgehead atoms. The monoisotopic (exact) mass is 512 g/mol. The van der Waals surface area contributed by atoms with Gasteiger partial charge in [0, 0.05) is 0 Å². The zero-order valence-corrected chi connectivity index (χ0v) is 22.9. The van der Waals surface area contributed by atoms with Crippen molar-refractivity contribution in [1.29, 1.82) is 0 Å². The number of rotatable bonds is 4. The van der Waals surface area contributed by atoms with Gasteiger partial charge in [-0.1, -0.05) is 26.2 Å². The second-order valence-electron chi connectivity index (χ2n) is 8.85. The number of hydrogen-bond donors (Lipinski definition) is 0. The van der Waals surface area contributed by atoms with Gasteiger partial charge < -0.3 is 18.5 Å². The topological polar surface area (TPSA) is 6.48 Å². The van der Waals surface area contributed by atoms with Gasteiger partial charge in [0.05, 0.1) is 16.5 Å². The molecule has 0 saturated carbocycles. The van der Waals surface area contributed by atoms with Crippen molar-refractivity contribution in [1.82, 2.24) is 9.13 Å². The van der Waals surface area contributed by atoms with Crippen molar-refractivity contribution in [3.8, 4) is 0 Å². The Kier molecular flexibility index (Phi) is 12.5. The van der Waals surface area contributed by atoms with Gasteiger partial charge >= 0.3 is 26.2 Å². The Bertz CT molecular complexity index is 590. The third kappa shape index (κ3) is 6.89. The van der Waals surface area contributed by atoms with E-state index in [9.17, 15) is 0 Å². The van der Waals surface area contributed by atoms with Crippen LogP contribution >= 0.6 is 0 Å². The third-order valence-corrected chi connectivity index (χ3v) is 14.1. The fraction of sp³-hybridized carbons (Fsp3) is 0.545. The minimum absolute atomic E-state index is 0. The van der Waals surface area contributed by atoms with Crippen molar-refractivity contribution in [2.24, 2.45) is 0 Å². The van der Waals surface area contributed by atoms with Gasteiger partial charge in [-0.3, -0.25) is 0 Å². The van der Waals surface area contributed by atoms with Crippen LogP contribution in [0, 0.1) is 0 Å². The van der Waals surface area contributed by atoms with Crippen molar-refractivity contribution in [3.63, 3.8) is 0 Å². The van der Waals surface area contributed by atoms with Gasteiger partial charge in [0.2, 0.25) is 0 Å². The molecular weight excluding hydrogens is 478 g/mol. The van der Waals surface area contributed by atoms with E-state index in [0.717, 1.165) is 0 Å². The van der Waals surface area contributed by atoms with E-state index in [0.29, 0.717) is 0 Å². The number of nitrogens with zero attached hydrogens (tertiary/aromatic N) is 2. The van der Waals surface area contributed by atoms with Gasteiger partial charge in [0.1, 0.15) is 0 Å². The Morgan fingerprint density at radius 2 is 0.793 bits per heavy atom. The molecule has 2 aromatic rings. The minimum Gasteiger partial charge on any atom is -1.00 e. The molecule has 0 aromatic heterocycles. The molecule has 0 aliphatic carbocycles. The first-order valence-electron chi connectivity index (χ1n) is 10.4. The van der Waals surface area contributed by atoms with Gasteiger partial charge in [-0.05, 0) is 51.9 Å². The van der Waals surface area contributed by atoms with Crippen LogP contribution in [0.2, 0.25) is 26.2 Å². The second kappa shape index (κ2) is 12.6. The van der Waals surface area contributed by atoms with Crippen LogP contribution in [0.4, 0.5) is 0 Å². The van der Waals surface area contributed by atoms with Crippen LogP contribution in [0.25, 0.3) is 0 Å². The molecule has 0 atom stereocenters. The van der Waals surface area contributed by atoms with E-state index in [1.165, 1.54) is 51.9 Å². The average Bonchev–Trinajstić information content (AvgIpc) is 3.47. The molecule has 2 fully saturated rings. The molecule has 29 heavy (non-hydrogen) atoms. The van der Waals surface area contributed by atoms with E-state index in [-0.39, 0.29) is 35.6 Å². The largest absolute Gasteiger partial charge is 4.00 e. The fourth-order valence-electron chi connectivity index (χ4n) is 4.48. The molecule has 2 aromatic carbocycles. The van der Waals surface area contributed by atoms with Crippen molar-refractivity contribution < 1.29 is 35.6 Å². The standard InChI is InChI=1S/2C11H18NSi.2FH.Zr/c2*1-13(2,11-7-3-4-8-11)12-9-5-6-10-12;;;/h2*3-4,7-8H,5-6,9-10H2,1-2H3;2*1H;/q2*-1;;;+4/p-2. The Morgan fingerprint density at radius 3 is 1.03 bits per heavy atom. The normalized spacial score (nSPS) is 17.5. The van der Waals surface area contributed by atoms with E-state index in [2.05, 4.69) is 83.8 Å². The van der Waals surface area contributed by atoms with Crippen LogP contribution in [0.15, 0.2) is 48.5 Å². The summed E-state index contributed by atoms with van der Waals surface area (Å²) in [6.45, 7) is 15.2. The molecule has 2 saturated heterocycles. The predicted octanol–water partition coefficient (Wildman–Crippen LogP) is -2.17. The molecule has 0 radical (unpaired) electrons. The fourth-order valence-corrected chi connectivity index (χ4v) is 10.1. The smallest absolute Gasteiger partial charge is 1.00 e. The van der Waals surface area contributed by atoms with Crippen molar-refractivity contribution in [3.05, 3.63) is 48.5 Å². The summed E-state index contributed by atoms with van der Waals surface area (Å²) in [7, 11) is -2.52. The summed E-state index contributed by atoms with van der Waals surface area (Å²) in [6, 6.07) is 17.9. The summed E-state index contributed by atoms with van der Waals surface area (Å²) in [5.74, 6) is 0. The number of hydrogen-bond acceptors (Lipinski definition) is 2. The zero-order valence-electron chi connectivity index (χ0n) is 18.4. The summed E-state index contributed by atoms with van der Waals surface area (Å²) < 4.78 is 5.45. The Hall–Kier alpha value is -0.203. The minimum atomic E-state index is -1.26. The van der Waals surface area contributed by atoms with E-state index in [4.69, 9.17) is 0 Å². The van der Waals surface area contributed by atoms with Crippen molar-refractivity contribution in [2.75, 3.05) is 26.2 Å². The summed E-state index contributed by atoms with van der Waals surface area (Å²) in [5, 5.41) is 3.18. The van der Waals surface area contributed by atoms with Gasteiger partial charge in [-0.15, -0.1) is 10.4 Å². The van der Waals surface area contributed by atoms with Gasteiger partial charge in [-0.2, -0.15) is 24.3 Å². The van der Waals surface area contributed by atoms with Gasteiger partial charge in [0.15, 0.2) is 0 Å². The zero-order chi connectivity index (χ0) is 18.6. The molecule has 0 amide bonds. The van der Waals surface area contributed by atoms with Gasteiger partial charge in [-0.25, -0.2) is 24.3 Å². The average molecular weight is 514 g/mol. The first-order chi connectivity index (χ1) is 12.4. The van der Waals surface area contributed by atoms with Crippen molar-refractivity contribution in [2.45, 2.75) is 51.9 Å². The predicted molar refractivity (Wildman–Crippen MR) is 120 cm³/mol. The van der Waals surface area contributed by atoms with Gasteiger partial charge in [0.25, 0.3) is 0 Å². The Morgan fingerprint density at radius 1 is 0.552 bits per heavy atom. The van der Waals surface area contributed by atoms with Crippen LogP contribution in [0.3, 0.4) is 0 Å². The molecule has 2 aliphatic heterocycles. The first kappa shape index (κ1) is 28.8. The molecule has 160 valence electrons. The molecule has 2 heterocycles. The van der Waals surface area contributed by atoms with Crippen LogP contribution in [-0.4, -0.2) is 51.8 Å². The summed E-state index contributed by atoms with van der Waals surface area (Å²) in [6.07, 6.45) is 5.60. The van der Waals surface area contributed by atoms with Crippen molar-refractivity contribution >= 4 is 26.8 Å². The van der Waals surface area contributed by atoms with E-state index in [1.807, 2.05) is 0 Å². The van der Waals surface area contributed by atoms with Crippen LogP contribution < -0.4 is 19.8 Å². The summed E-state index contributed by atoms with van der Waals surface area (Å²) >= 11 is 0. The Balaban J connectivity index is 0.000000490. The molecule has 4 rings (SSSR count). The molecule has 2 aliphatic rings. The van der Waals surface area contributed by atoms with E-state index in [1.54, 1.807) is 10.4 Å². The van der Waals surface area contributed by atoms with Crippen LogP contribution in [0.5, 0.6) is 0 Å². The molecular formula is C22H36F2N2Si2Zr. The maximum atomic E-state index is 2.72. The molecule has 0 spiro atoms. The maximum Gasteiger partial charge on any atom is 4.00 e. The molecule has 7 heteroatoms. The van der Waals surface area contributed by atoms with Crippen LogP contribution in [0.1, 0.15) is 25.7 Å². The molecule has 0 unspecified atom stereocenters. The third-order valence-electron chi connectivity index (χ3n) is 6.53. The Labute approximate surface area is 197 Å². The quantitative estimate of drug-likeness (QED) is 0.339. The van der Waals surface area contributed by atoms with Crippen LogP contribution in [-0.2, 0) is 26.2 Å².